The smallest absolute Gasteiger partial charge is 0.274 e. The summed E-state index contributed by atoms with van der Waals surface area (Å²) in [6, 6.07) is 11.8. The molecule has 1 aliphatic heterocycles. The molecule has 0 fully saturated rings. The summed E-state index contributed by atoms with van der Waals surface area (Å²) in [5.74, 6) is 1.05. The van der Waals surface area contributed by atoms with Crippen LogP contribution < -0.4 is 4.72 Å². The SMILES string of the molecule is Cc1ccc(CNS(=O)(=O)c2ccc3c(c2)CN(C(=O)c2cccnn2)CC3)o1. The molecule has 2 aromatic heterocycles. The molecule has 1 aromatic carbocycles. The first-order chi connectivity index (χ1) is 13.9. The van der Waals surface area contributed by atoms with Gasteiger partial charge in [-0.05, 0) is 60.9 Å². The van der Waals surface area contributed by atoms with Gasteiger partial charge in [0.2, 0.25) is 10.0 Å². The summed E-state index contributed by atoms with van der Waals surface area (Å²) in [5.41, 5.74) is 2.12. The molecule has 0 atom stereocenters. The van der Waals surface area contributed by atoms with Gasteiger partial charge in [-0.1, -0.05) is 6.07 Å². The highest BCUT2D eigenvalue weighted by molar-refractivity contribution is 7.89. The molecule has 0 aliphatic carbocycles. The van der Waals surface area contributed by atoms with Crippen LogP contribution in [0.4, 0.5) is 0 Å². The van der Waals surface area contributed by atoms with E-state index < -0.39 is 10.0 Å². The van der Waals surface area contributed by atoms with Crippen LogP contribution in [-0.4, -0.2) is 36.0 Å². The Balaban J connectivity index is 1.51. The van der Waals surface area contributed by atoms with Gasteiger partial charge in [-0.3, -0.25) is 4.79 Å². The second-order valence-corrected chi connectivity index (χ2v) is 8.62. The predicted octanol–water partition coefficient (Wildman–Crippen LogP) is 2.06. The molecule has 0 unspecified atom stereocenters. The van der Waals surface area contributed by atoms with E-state index in [1.165, 1.54) is 6.20 Å². The molecule has 0 spiro atoms. The summed E-state index contributed by atoms with van der Waals surface area (Å²) < 4.78 is 33.3. The average molecular weight is 412 g/mol. The quantitative estimate of drug-likeness (QED) is 0.688. The van der Waals surface area contributed by atoms with Gasteiger partial charge in [-0.2, -0.15) is 5.10 Å². The van der Waals surface area contributed by atoms with E-state index in [-0.39, 0.29) is 23.0 Å². The maximum absolute atomic E-state index is 12.7. The number of nitrogens with one attached hydrogen (secondary N) is 1. The molecule has 8 nitrogen and oxygen atoms in total. The van der Waals surface area contributed by atoms with Gasteiger partial charge in [0.1, 0.15) is 11.5 Å². The van der Waals surface area contributed by atoms with Crippen LogP contribution in [0, 0.1) is 6.92 Å². The summed E-state index contributed by atoms with van der Waals surface area (Å²) in [6.45, 7) is 2.75. The van der Waals surface area contributed by atoms with E-state index in [4.69, 9.17) is 4.42 Å². The van der Waals surface area contributed by atoms with Gasteiger partial charge in [0.05, 0.1) is 11.4 Å². The first-order valence-electron chi connectivity index (χ1n) is 9.16. The van der Waals surface area contributed by atoms with Gasteiger partial charge in [0.15, 0.2) is 5.69 Å². The van der Waals surface area contributed by atoms with Gasteiger partial charge < -0.3 is 9.32 Å². The molecule has 0 saturated carbocycles. The van der Waals surface area contributed by atoms with E-state index in [0.717, 1.165) is 16.9 Å². The van der Waals surface area contributed by atoms with Gasteiger partial charge in [0.25, 0.3) is 5.91 Å². The Bertz CT molecular complexity index is 1140. The number of rotatable bonds is 5. The maximum atomic E-state index is 12.7. The van der Waals surface area contributed by atoms with Crippen molar-refractivity contribution in [1.82, 2.24) is 19.8 Å². The number of aromatic nitrogens is 2. The number of aryl methyl sites for hydroxylation is 1. The zero-order valence-corrected chi connectivity index (χ0v) is 16.6. The molecule has 3 heterocycles. The van der Waals surface area contributed by atoms with E-state index >= 15 is 0 Å². The highest BCUT2D eigenvalue weighted by Gasteiger charge is 2.25. The molecule has 0 bridgehead atoms. The number of benzene rings is 1. The van der Waals surface area contributed by atoms with E-state index in [0.29, 0.717) is 25.3 Å². The fourth-order valence-electron chi connectivity index (χ4n) is 3.28. The number of carbonyl (C=O) groups is 1. The monoisotopic (exact) mass is 412 g/mol. The summed E-state index contributed by atoms with van der Waals surface area (Å²) >= 11 is 0. The third-order valence-electron chi connectivity index (χ3n) is 4.81. The van der Waals surface area contributed by atoms with Crippen molar-refractivity contribution < 1.29 is 17.6 Å². The standard InChI is InChI=1S/C20H20N4O4S/c1-14-4-6-17(28-14)12-22-29(26,27)18-7-5-15-8-10-24(13-16(15)11-18)20(25)19-3-2-9-21-23-19/h2-7,9,11,22H,8,10,12-13H2,1H3. The zero-order chi connectivity index (χ0) is 20.4. The largest absolute Gasteiger partial charge is 0.465 e. The first kappa shape index (κ1) is 19.3. The molecule has 9 heteroatoms. The lowest BCUT2D eigenvalue weighted by atomic mass is 9.99. The van der Waals surface area contributed by atoms with Crippen molar-refractivity contribution in [3.8, 4) is 0 Å². The second kappa shape index (κ2) is 7.76. The van der Waals surface area contributed by atoms with Crippen molar-refractivity contribution in [1.29, 1.82) is 0 Å². The Hall–Kier alpha value is -3.04. The van der Waals surface area contributed by atoms with Crippen molar-refractivity contribution >= 4 is 15.9 Å². The van der Waals surface area contributed by atoms with Crippen LogP contribution >= 0.6 is 0 Å². The molecule has 150 valence electrons. The fraction of sp³-hybridized carbons (Fsp3) is 0.250. The van der Waals surface area contributed by atoms with Crippen LogP contribution in [0.1, 0.15) is 33.1 Å². The number of hydrogen-bond donors (Lipinski definition) is 1. The molecular formula is C20H20N4O4S. The third-order valence-corrected chi connectivity index (χ3v) is 6.21. The Morgan fingerprint density at radius 1 is 1.21 bits per heavy atom. The lowest BCUT2D eigenvalue weighted by Crippen LogP contribution is -2.36. The minimum atomic E-state index is -3.71. The van der Waals surface area contributed by atoms with Gasteiger partial charge >= 0.3 is 0 Å². The lowest BCUT2D eigenvalue weighted by Gasteiger charge is -2.28. The number of fused-ring (bicyclic) bond motifs is 1. The minimum absolute atomic E-state index is 0.0740. The number of sulfonamides is 1. The van der Waals surface area contributed by atoms with Gasteiger partial charge in [0, 0.05) is 19.3 Å². The van der Waals surface area contributed by atoms with E-state index in [1.54, 1.807) is 48.2 Å². The van der Waals surface area contributed by atoms with Gasteiger partial charge in [-0.25, -0.2) is 13.1 Å². The molecule has 0 radical (unpaired) electrons. The van der Waals surface area contributed by atoms with Crippen molar-refractivity contribution in [3.05, 3.63) is 77.0 Å². The van der Waals surface area contributed by atoms with Crippen LogP contribution in [0.3, 0.4) is 0 Å². The van der Waals surface area contributed by atoms with E-state index in [9.17, 15) is 13.2 Å². The number of carbonyl (C=O) groups excluding carboxylic acids is 1. The highest BCUT2D eigenvalue weighted by atomic mass is 32.2. The molecular weight excluding hydrogens is 392 g/mol. The Morgan fingerprint density at radius 3 is 2.79 bits per heavy atom. The number of nitrogens with zero attached hydrogens (tertiary/aromatic N) is 3. The number of amides is 1. The van der Waals surface area contributed by atoms with Gasteiger partial charge in [-0.15, -0.1) is 5.10 Å². The third kappa shape index (κ3) is 4.20. The fourth-order valence-corrected chi connectivity index (χ4v) is 4.32. The molecule has 3 aromatic rings. The van der Waals surface area contributed by atoms with Crippen molar-refractivity contribution in [2.45, 2.75) is 31.3 Å². The Labute approximate surface area is 168 Å². The highest BCUT2D eigenvalue weighted by Crippen LogP contribution is 2.23. The molecule has 1 N–H and O–H groups in total. The normalized spacial score (nSPS) is 13.9. The Morgan fingerprint density at radius 2 is 2.07 bits per heavy atom. The topological polar surface area (TPSA) is 105 Å². The van der Waals surface area contributed by atoms with Crippen LogP contribution in [0.2, 0.25) is 0 Å². The maximum Gasteiger partial charge on any atom is 0.274 e. The van der Waals surface area contributed by atoms with Crippen LogP contribution in [0.15, 0.2) is 58.0 Å². The number of hydrogen-bond acceptors (Lipinski definition) is 6. The average Bonchev–Trinajstić information content (AvgIpc) is 3.17. The minimum Gasteiger partial charge on any atom is -0.465 e. The second-order valence-electron chi connectivity index (χ2n) is 6.85. The molecule has 0 saturated heterocycles. The van der Waals surface area contributed by atoms with Crippen molar-refractivity contribution in [2.24, 2.45) is 0 Å². The van der Waals surface area contributed by atoms with E-state index in [2.05, 4.69) is 14.9 Å². The van der Waals surface area contributed by atoms with Crippen molar-refractivity contribution in [3.63, 3.8) is 0 Å². The molecule has 1 aliphatic rings. The molecule has 29 heavy (non-hydrogen) atoms. The molecule has 4 rings (SSSR count). The van der Waals surface area contributed by atoms with Crippen LogP contribution in [0.25, 0.3) is 0 Å². The summed E-state index contributed by atoms with van der Waals surface area (Å²) in [4.78, 5) is 14.5. The summed E-state index contributed by atoms with van der Waals surface area (Å²) in [6.07, 6.45) is 2.16. The lowest BCUT2D eigenvalue weighted by molar-refractivity contribution is 0.0727. The summed E-state index contributed by atoms with van der Waals surface area (Å²) in [7, 11) is -3.71. The first-order valence-corrected chi connectivity index (χ1v) is 10.6. The molecule has 1 amide bonds. The predicted molar refractivity (Wildman–Crippen MR) is 104 cm³/mol. The van der Waals surface area contributed by atoms with E-state index in [1.807, 2.05) is 6.07 Å². The van der Waals surface area contributed by atoms with Crippen LogP contribution in [-0.2, 0) is 29.5 Å². The zero-order valence-electron chi connectivity index (χ0n) is 15.8. The Kier molecular flexibility index (Phi) is 5.16. The van der Waals surface area contributed by atoms with Crippen molar-refractivity contribution in [2.75, 3.05) is 6.54 Å². The van der Waals surface area contributed by atoms with Crippen LogP contribution in [0.5, 0.6) is 0 Å². The number of furan rings is 1. The summed E-state index contributed by atoms with van der Waals surface area (Å²) in [5, 5.41) is 7.61.